The fourth-order valence-corrected chi connectivity index (χ4v) is 5.07. The van der Waals surface area contributed by atoms with Crippen molar-refractivity contribution in [3.8, 4) is 0 Å². The number of hydrogen-bond acceptors (Lipinski definition) is 4. The topological polar surface area (TPSA) is 46.2 Å². The summed E-state index contributed by atoms with van der Waals surface area (Å²) in [5.41, 5.74) is 0. The fourth-order valence-electron chi connectivity index (χ4n) is 2.18. The van der Waals surface area contributed by atoms with E-state index in [0.717, 1.165) is 6.42 Å². The zero-order valence-corrected chi connectivity index (χ0v) is 10.0. The summed E-state index contributed by atoms with van der Waals surface area (Å²) in [7, 11) is -2.72. The van der Waals surface area contributed by atoms with Gasteiger partial charge in [0.05, 0.1) is 11.5 Å². The maximum atomic E-state index is 11.3. The van der Waals surface area contributed by atoms with Gasteiger partial charge in [0.1, 0.15) is 0 Å². The second kappa shape index (κ2) is 4.02. The van der Waals surface area contributed by atoms with Crippen LogP contribution >= 0.6 is 11.8 Å². The Hall–Kier alpha value is 0.260. The molecule has 2 fully saturated rings. The first-order valence-corrected chi connectivity index (χ1v) is 8.02. The molecule has 0 aromatic carbocycles. The van der Waals surface area contributed by atoms with Gasteiger partial charge in [-0.05, 0) is 18.6 Å². The van der Waals surface area contributed by atoms with Gasteiger partial charge in [-0.15, -0.1) is 0 Å². The summed E-state index contributed by atoms with van der Waals surface area (Å²) in [5.74, 6) is 1.93. The predicted octanol–water partition coefficient (Wildman–Crippen LogP) is 0.657. The summed E-state index contributed by atoms with van der Waals surface area (Å²) in [6, 6.07) is 0.740. The van der Waals surface area contributed by atoms with Gasteiger partial charge in [-0.1, -0.05) is 6.92 Å². The lowest BCUT2D eigenvalue weighted by Gasteiger charge is -2.20. The van der Waals surface area contributed by atoms with E-state index in [1.165, 1.54) is 12.2 Å². The van der Waals surface area contributed by atoms with Crippen molar-refractivity contribution >= 4 is 21.6 Å². The Balaban J connectivity index is 1.87. The molecule has 3 unspecified atom stereocenters. The number of hydrogen-bond donors (Lipinski definition) is 1. The third-order valence-electron chi connectivity index (χ3n) is 3.06. The molecular weight excluding hydrogens is 218 g/mol. The van der Waals surface area contributed by atoms with Gasteiger partial charge in [-0.25, -0.2) is 8.42 Å². The van der Waals surface area contributed by atoms with Crippen LogP contribution in [-0.4, -0.2) is 43.0 Å². The van der Waals surface area contributed by atoms with Gasteiger partial charge in [0, 0.05) is 17.3 Å². The Bertz CT molecular complexity index is 302. The first-order chi connectivity index (χ1) is 6.57. The summed E-state index contributed by atoms with van der Waals surface area (Å²) < 4.78 is 22.5. The summed E-state index contributed by atoms with van der Waals surface area (Å²) in [6.45, 7) is 2.22. The van der Waals surface area contributed by atoms with Crippen LogP contribution in [0.2, 0.25) is 0 Å². The van der Waals surface area contributed by atoms with Gasteiger partial charge in [-0.2, -0.15) is 11.8 Å². The van der Waals surface area contributed by atoms with Crippen LogP contribution in [0.25, 0.3) is 0 Å². The summed E-state index contributed by atoms with van der Waals surface area (Å²) >= 11 is 1.98. The molecule has 1 N–H and O–H groups in total. The lowest BCUT2D eigenvalue weighted by atomic mass is 10.1. The van der Waals surface area contributed by atoms with Crippen molar-refractivity contribution in [2.24, 2.45) is 0 Å². The monoisotopic (exact) mass is 235 g/mol. The van der Waals surface area contributed by atoms with E-state index in [9.17, 15) is 8.42 Å². The van der Waals surface area contributed by atoms with Crippen LogP contribution in [0.3, 0.4) is 0 Å². The van der Waals surface area contributed by atoms with E-state index in [0.29, 0.717) is 22.8 Å². The van der Waals surface area contributed by atoms with Crippen molar-refractivity contribution < 1.29 is 8.42 Å². The molecule has 2 aliphatic rings. The predicted molar refractivity (Wildman–Crippen MR) is 60.5 cm³/mol. The first-order valence-electron chi connectivity index (χ1n) is 5.15. The average molecular weight is 235 g/mol. The van der Waals surface area contributed by atoms with Crippen LogP contribution in [-0.2, 0) is 9.84 Å². The van der Waals surface area contributed by atoms with Crippen LogP contribution in [0, 0.1) is 0 Å². The van der Waals surface area contributed by atoms with Gasteiger partial charge in [0.2, 0.25) is 0 Å². The molecule has 0 saturated carbocycles. The van der Waals surface area contributed by atoms with Crippen molar-refractivity contribution in [3.05, 3.63) is 0 Å². The van der Waals surface area contributed by atoms with E-state index in [-0.39, 0.29) is 6.04 Å². The molecular formula is C9H17NO2S2. The van der Waals surface area contributed by atoms with Crippen LogP contribution in [0.4, 0.5) is 0 Å². The maximum absolute atomic E-state index is 11.3. The van der Waals surface area contributed by atoms with Crippen LogP contribution < -0.4 is 5.32 Å². The molecule has 2 heterocycles. The molecule has 0 radical (unpaired) electrons. The summed E-state index contributed by atoms with van der Waals surface area (Å²) in [5, 5.41) is 4.12. The van der Waals surface area contributed by atoms with Crippen molar-refractivity contribution in [3.63, 3.8) is 0 Å². The molecule has 82 valence electrons. The first kappa shape index (κ1) is 10.8. The van der Waals surface area contributed by atoms with Gasteiger partial charge < -0.3 is 5.32 Å². The molecule has 2 rings (SSSR count). The van der Waals surface area contributed by atoms with Crippen molar-refractivity contribution in [2.45, 2.75) is 37.1 Å². The van der Waals surface area contributed by atoms with Gasteiger partial charge in [-0.3, -0.25) is 0 Å². The Morgan fingerprint density at radius 2 is 2.14 bits per heavy atom. The van der Waals surface area contributed by atoms with E-state index in [4.69, 9.17) is 0 Å². The summed E-state index contributed by atoms with van der Waals surface area (Å²) in [6.07, 6.45) is 1.98. The second-order valence-corrected chi connectivity index (χ2v) is 7.95. The lowest BCUT2D eigenvalue weighted by Crippen LogP contribution is -2.41. The molecule has 3 nitrogen and oxygen atoms in total. The second-order valence-electron chi connectivity index (χ2n) is 4.24. The molecule has 0 amide bonds. The minimum absolute atomic E-state index is 0.214. The molecule has 0 aromatic rings. The molecule has 0 aromatic heterocycles. The highest BCUT2D eigenvalue weighted by molar-refractivity contribution is 8.00. The molecule has 2 aliphatic heterocycles. The Morgan fingerprint density at radius 3 is 2.64 bits per heavy atom. The number of nitrogens with one attached hydrogen (secondary N) is 1. The van der Waals surface area contributed by atoms with Crippen LogP contribution in [0.5, 0.6) is 0 Å². The number of thioether (sulfide) groups is 1. The Morgan fingerprint density at radius 1 is 1.36 bits per heavy atom. The van der Waals surface area contributed by atoms with Crippen molar-refractivity contribution in [2.75, 3.05) is 17.3 Å². The van der Waals surface area contributed by atoms with Gasteiger partial charge in [0.25, 0.3) is 0 Å². The van der Waals surface area contributed by atoms with E-state index in [1.807, 2.05) is 11.8 Å². The highest BCUT2D eigenvalue weighted by Crippen LogP contribution is 2.27. The summed E-state index contributed by atoms with van der Waals surface area (Å²) in [4.78, 5) is 0. The highest BCUT2D eigenvalue weighted by Gasteiger charge is 2.32. The molecule has 14 heavy (non-hydrogen) atoms. The normalized spacial score (nSPS) is 41.6. The third kappa shape index (κ3) is 2.44. The van der Waals surface area contributed by atoms with E-state index >= 15 is 0 Å². The largest absolute Gasteiger partial charge is 0.309 e. The van der Waals surface area contributed by atoms with Crippen molar-refractivity contribution in [1.82, 2.24) is 5.32 Å². The van der Waals surface area contributed by atoms with Gasteiger partial charge in [0.15, 0.2) is 9.84 Å². The molecule has 2 saturated heterocycles. The Labute approximate surface area is 89.9 Å². The van der Waals surface area contributed by atoms with Crippen molar-refractivity contribution in [1.29, 1.82) is 0 Å². The Kier molecular flexibility index (Phi) is 3.09. The van der Waals surface area contributed by atoms with Crippen LogP contribution in [0.15, 0.2) is 0 Å². The fraction of sp³-hybridized carbons (Fsp3) is 1.00. The molecule has 0 bridgehead atoms. The SMILES string of the molecule is CC1SCCC1NC1CCS(=O)(=O)C1. The minimum atomic E-state index is -2.72. The molecule has 0 aliphatic carbocycles. The highest BCUT2D eigenvalue weighted by atomic mass is 32.2. The minimum Gasteiger partial charge on any atom is -0.309 e. The average Bonchev–Trinajstić information content (AvgIpc) is 2.61. The lowest BCUT2D eigenvalue weighted by molar-refractivity contribution is 0.448. The molecule has 5 heteroatoms. The molecule has 3 atom stereocenters. The zero-order chi connectivity index (χ0) is 10.2. The zero-order valence-electron chi connectivity index (χ0n) is 8.40. The van der Waals surface area contributed by atoms with E-state index in [2.05, 4.69) is 12.2 Å². The quantitative estimate of drug-likeness (QED) is 0.764. The third-order valence-corrected chi connectivity index (χ3v) is 6.15. The van der Waals surface area contributed by atoms with Crippen LogP contribution in [0.1, 0.15) is 19.8 Å². The number of rotatable bonds is 2. The molecule has 0 spiro atoms. The van der Waals surface area contributed by atoms with Gasteiger partial charge >= 0.3 is 0 Å². The standard InChI is InChI=1S/C9H17NO2S2/c1-7-9(2-4-13-7)10-8-3-5-14(11,12)6-8/h7-10H,2-6H2,1H3. The maximum Gasteiger partial charge on any atom is 0.151 e. The van der Waals surface area contributed by atoms with E-state index < -0.39 is 9.84 Å². The number of sulfone groups is 1. The van der Waals surface area contributed by atoms with E-state index in [1.54, 1.807) is 0 Å². The smallest absolute Gasteiger partial charge is 0.151 e.